The molecule has 4 heteroatoms. The van der Waals surface area contributed by atoms with Crippen molar-refractivity contribution in [1.29, 1.82) is 0 Å². The molecule has 0 radical (unpaired) electrons. The van der Waals surface area contributed by atoms with E-state index in [1.165, 1.54) is 12.1 Å². The largest absolute Gasteiger partial charge is 0.376 e. The van der Waals surface area contributed by atoms with Gasteiger partial charge in [0.2, 0.25) is 5.91 Å². The Balaban J connectivity index is 1.91. The molecule has 1 N–H and O–H groups in total. The van der Waals surface area contributed by atoms with Crippen molar-refractivity contribution in [2.24, 2.45) is 0 Å². The van der Waals surface area contributed by atoms with Gasteiger partial charge in [0, 0.05) is 18.9 Å². The summed E-state index contributed by atoms with van der Waals surface area (Å²) in [6.45, 7) is 3.29. The fourth-order valence-corrected chi connectivity index (χ4v) is 2.26. The summed E-state index contributed by atoms with van der Waals surface area (Å²) in [4.78, 5) is 11.5. The van der Waals surface area contributed by atoms with Crippen molar-refractivity contribution in [3.63, 3.8) is 0 Å². The van der Waals surface area contributed by atoms with Gasteiger partial charge < -0.3 is 10.1 Å². The number of carbonyl (C=O) groups is 1. The second kappa shape index (κ2) is 9.06. The number of hydrogen-bond donors (Lipinski definition) is 1. The minimum Gasteiger partial charge on any atom is -0.376 e. The molecule has 2 aromatic carbocycles. The van der Waals surface area contributed by atoms with Gasteiger partial charge in [0.25, 0.3) is 0 Å². The van der Waals surface area contributed by atoms with Gasteiger partial charge in [-0.05, 0) is 23.3 Å². The molecular weight excluding hydrogens is 293 g/mol. The average Bonchev–Trinajstić information content (AvgIpc) is 2.60. The number of rotatable bonds is 8. The first kappa shape index (κ1) is 17.2. The topological polar surface area (TPSA) is 38.3 Å². The zero-order chi connectivity index (χ0) is 16.5. The Morgan fingerprint density at radius 2 is 1.83 bits per heavy atom. The van der Waals surface area contributed by atoms with Gasteiger partial charge in [-0.15, -0.1) is 0 Å². The van der Waals surface area contributed by atoms with Crippen LogP contribution in [0.5, 0.6) is 0 Å². The third kappa shape index (κ3) is 5.83. The maximum absolute atomic E-state index is 12.9. The molecule has 23 heavy (non-hydrogen) atoms. The third-order valence-corrected chi connectivity index (χ3v) is 3.64. The SMILES string of the molecule is CCC(=O)NCC(COCc1ccc(F)cc1)c1ccccc1. The predicted octanol–water partition coefficient (Wildman–Crippen LogP) is 3.65. The van der Waals surface area contributed by atoms with Crippen LogP contribution in [0.25, 0.3) is 0 Å². The molecule has 0 aromatic heterocycles. The van der Waals surface area contributed by atoms with Crippen LogP contribution in [0.1, 0.15) is 30.4 Å². The van der Waals surface area contributed by atoms with E-state index < -0.39 is 0 Å². The first-order valence-electron chi connectivity index (χ1n) is 7.83. The molecular formula is C19H22FNO2. The van der Waals surface area contributed by atoms with Gasteiger partial charge in [-0.3, -0.25) is 4.79 Å². The number of ether oxygens (including phenoxy) is 1. The summed E-state index contributed by atoms with van der Waals surface area (Å²) in [5.74, 6) is -0.130. The molecule has 2 rings (SSSR count). The van der Waals surface area contributed by atoms with E-state index in [9.17, 15) is 9.18 Å². The van der Waals surface area contributed by atoms with Crippen molar-refractivity contribution in [3.05, 3.63) is 71.5 Å². The molecule has 0 fully saturated rings. The van der Waals surface area contributed by atoms with Crippen LogP contribution in [-0.2, 0) is 16.1 Å². The summed E-state index contributed by atoms with van der Waals surface area (Å²) in [5, 5.41) is 2.92. The highest BCUT2D eigenvalue weighted by molar-refractivity contribution is 5.75. The number of halogens is 1. The molecule has 0 heterocycles. The summed E-state index contributed by atoms with van der Waals surface area (Å²) >= 11 is 0. The zero-order valence-corrected chi connectivity index (χ0v) is 13.3. The van der Waals surface area contributed by atoms with Gasteiger partial charge in [0.1, 0.15) is 5.82 Å². The highest BCUT2D eigenvalue weighted by atomic mass is 19.1. The summed E-state index contributed by atoms with van der Waals surface area (Å²) in [6, 6.07) is 16.3. The minimum atomic E-state index is -0.252. The van der Waals surface area contributed by atoms with E-state index in [0.717, 1.165) is 11.1 Å². The van der Waals surface area contributed by atoms with Gasteiger partial charge in [-0.1, -0.05) is 49.4 Å². The minimum absolute atomic E-state index is 0.0319. The summed E-state index contributed by atoms with van der Waals surface area (Å²) in [5.41, 5.74) is 2.05. The van der Waals surface area contributed by atoms with E-state index in [1.807, 2.05) is 37.3 Å². The second-order valence-corrected chi connectivity index (χ2v) is 5.41. The zero-order valence-electron chi connectivity index (χ0n) is 13.3. The highest BCUT2D eigenvalue weighted by Gasteiger charge is 2.13. The quantitative estimate of drug-likeness (QED) is 0.807. The van der Waals surface area contributed by atoms with E-state index in [2.05, 4.69) is 5.32 Å². The third-order valence-electron chi connectivity index (χ3n) is 3.64. The van der Waals surface area contributed by atoms with Gasteiger partial charge in [0.05, 0.1) is 13.2 Å². The predicted molar refractivity (Wildman–Crippen MR) is 88.5 cm³/mol. The normalized spacial score (nSPS) is 11.9. The van der Waals surface area contributed by atoms with E-state index in [4.69, 9.17) is 4.74 Å². The molecule has 0 saturated heterocycles. The highest BCUT2D eigenvalue weighted by Crippen LogP contribution is 2.16. The molecule has 0 spiro atoms. The van der Waals surface area contributed by atoms with E-state index in [0.29, 0.717) is 26.2 Å². The van der Waals surface area contributed by atoms with E-state index in [1.54, 1.807) is 12.1 Å². The van der Waals surface area contributed by atoms with Gasteiger partial charge in [0.15, 0.2) is 0 Å². The van der Waals surface area contributed by atoms with Gasteiger partial charge in [-0.2, -0.15) is 0 Å². The van der Waals surface area contributed by atoms with Crippen molar-refractivity contribution in [1.82, 2.24) is 5.32 Å². The van der Waals surface area contributed by atoms with Crippen LogP contribution in [0.15, 0.2) is 54.6 Å². The number of benzene rings is 2. The molecule has 0 saturated carbocycles. The molecule has 1 amide bonds. The van der Waals surface area contributed by atoms with E-state index in [-0.39, 0.29) is 17.6 Å². The van der Waals surface area contributed by atoms with Crippen LogP contribution in [0.2, 0.25) is 0 Å². The van der Waals surface area contributed by atoms with Crippen LogP contribution in [0, 0.1) is 5.82 Å². The Morgan fingerprint density at radius 1 is 1.13 bits per heavy atom. The molecule has 1 atom stereocenters. The lowest BCUT2D eigenvalue weighted by molar-refractivity contribution is -0.120. The maximum Gasteiger partial charge on any atom is 0.219 e. The Labute approximate surface area is 136 Å². The molecule has 2 aromatic rings. The Kier molecular flexibility index (Phi) is 6.76. The maximum atomic E-state index is 12.9. The smallest absolute Gasteiger partial charge is 0.219 e. The number of amides is 1. The average molecular weight is 315 g/mol. The first-order chi connectivity index (χ1) is 11.2. The monoisotopic (exact) mass is 315 g/mol. The van der Waals surface area contributed by atoms with Crippen molar-refractivity contribution in [2.45, 2.75) is 25.9 Å². The lowest BCUT2D eigenvalue weighted by Gasteiger charge is -2.18. The lowest BCUT2D eigenvalue weighted by atomic mass is 10.00. The Hall–Kier alpha value is -2.20. The van der Waals surface area contributed by atoms with Crippen molar-refractivity contribution in [3.8, 4) is 0 Å². The fraction of sp³-hybridized carbons (Fsp3) is 0.316. The standard InChI is InChI=1S/C19H22FNO2/c1-2-19(22)21-12-17(16-6-4-3-5-7-16)14-23-13-15-8-10-18(20)11-9-15/h3-11,17H,2,12-14H2,1H3,(H,21,22). The molecule has 122 valence electrons. The first-order valence-corrected chi connectivity index (χ1v) is 7.83. The number of nitrogens with one attached hydrogen (secondary N) is 1. The molecule has 0 bridgehead atoms. The lowest BCUT2D eigenvalue weighted by Crippen LogP contribution is -2.29. The van der Waals surface area contributed by atoms with Crippen LogP contribution in [0.3, 0.4) is 0 Å². The van der Waals surface area contributed by atoms with Crippen LogP contribution in [-0.4, -0.2) is 19.1 Å². The Morgan fingerprint density at radius 3 is 2.48 bits per heavy atom. The molecule has 3 nitrogen and oxygen atoms in total. The number of hydrogen-bond acceptors (Lipinski definition) is 2. The van der Waals surface area contributed by atoms with E-state index >= 15 is 0 Å². The van der Waals surface area contributed by atoms with Crippen molar-refractivity contribution in [2.75, 3.05) is 13.2 Å². The van der Waals surface area contributed by atoms with Crippen molar-refractivity contribution < 1.29 is 13.9 Å². The summed E-state index contributed by atoms with van der Waals surface area (Å²) < 4.78 is 18.7. The fourth-order valence-electron chi connectivity index (χ4n) is 2.26. The summed E-state index contributed by atoms with van der Waals surface area (Å²) in [6.07, 6.45) is 0.470. The van der Waals surface area contributed by atoms with Crippen LogP contribution < -0.4 is 5.32 Å². The van der Waals surface area contributed by atoms with Crippen molar-refractivity contribution >= 4 is 5.91 Å². The van der Waals surface area contributed by atoms with Gasteiger partial charge >= 0.3 is 0 Å². The molecule has 0 aliphatic rings. The summed E-state index contributed by atoms with van der Waals surface area (Å²) in [7, 11) is 0. The molecule has 0 aliphatic carbocycles. The van der Waals surface area contributed by atoms with Gasteiger partial charge in [-0.25, -0.2) is 4.39 Å². The Bertz CT molecular complexity index is 599. The molecule has 1 unspecified atom stereocenters. The second-order valence-electron chi connectivity index (χ2n) is 5.41. The van der Waals surface area contributed by atoms with Crippen LogP contribution >= 0.6 is 0 Å². The molecule has 0 aliphatic heterocycles. The van der Waals surface area contributed by atoms with Crippen LogP contribution in [0.4, 0.5) is 4.39 Å². The number of carbonyl (C=O) groups excluding carboxylic acids is 1.